The van der Waals surface area contributed by atoms with Crippen LogP contribution in [0.15, 0.2) is 4.42 Å². The van der Waals surface area contributed by atoms with E-state index in [0.717, 1.165) is 0 Å². The summed E-state index contributed by atoms with van der Waals surface area (Å²) in [4.78, 5) is 13.8. The predicted molar refractivity (Wildman–Crippen MR) is 67.7 cm³/mol. The molecule has 1 aromatic rings. The Balaban J connectivity index is 2.11. The molecule has 1 fully saturated rings. The van der Waals surface area contributed by atoms with E-state index in [4.69, 9.17) is 14.9 Å². The second kappa shape index (κ2) is 6.48. The highest BCUT2D eigenvalue weighted by Crippen LogP contribution is 2.18. The van der Waals surface area contributed by atoms with Gasteiger partial charge in [-0.25, -0.2) is 0 Å². The van der Waals surface area contributed by atoms with Gasteiger partial charge >= 0.3 is 6.01 Å². The Morgan fingerprint density at radius 2 is 2.42 bits per heavy atom. The zero-order valence-corrected chi connectivity index (χ0v) is 11.0. The van der Waals surface area contributed by atoms with E-state index in [1.807, 2.05) is 6.92 Å². The molecule has 19 heavy (non-hydrogen) atoms. The molecule has 0 aliphatic carbocycles. The van der Waals surface area contributed by atoms with Crippen LogP contribution in [0.3, 0.4) is 0 Å². The van der Waals surface area contributed by atoms with Gasteiger partial charge in [0, 0.05) is 26.1 Å². The molecule has 0 bridgehead atoms. The lowest BCUT2D eigenvalue weighted by molar-refractivity contribution is -0.124. The minimum Gasteiger partial charge on any atom is -0.408 e. The number of likely N-dealkylation sites (N-methyl/N-ethyl adjacent to an activating group) is 1. The fourth-order valence-corrected chi connectivity index (χ4v) is 1.93. The summed E-state index contributed by atoms with van der Waals surface area (Å²) in [5, 5.41) is 10.7. The molecular weight excluding hydrogens is 250 g/mol. The van der Waals surface area contributed by atoms with Crippen molar-refractivity contribution < 1.29 is 13.9 Å². The molecule has 0 spiro atoms. The lowest BCUT2D eigenvalue weighted by atomic mass is 10.2. The summed E-state index contributed by atoms with van der Waals surface area (Å²) >= 11 is 0. The fraction of sp³-hybridized carbons (Fsp3) is 0.727. The molecule has 8 heteroatoms. The number of nitrogens with two attached hydrogens (primary N) is 1. The quantitative estimate of drug-likeness (QED) is 0.699. The van der Waals surface area contributed by atoms with Crippen molar-refractivity contribution in [2.45, 2.75) is 19.4 Å². The van der Waals surface area contributed by atoms with Gasteiger partial charge in [-0.3, -0.25) is 4.79 Å². The van der Waals surface area contributed by atoms with Crippen LogP contribution in [0.25, 0.3) is 0 Å². The van der Waals surface area contributed by atoms with Gasteiger partial charge in [0.25, 0.3) is 0 Å². The minimum absolute atomic E-state index is 0.0965. The molecule has 8 nitrogen and oxygen atoms in total. The number of morpholine rings is 1. The molecule has 1 amide bonds. The van der Waals surface area contributed by atoms with Crippen LogP contribution in [0, 0.1) is 0 Å². The third kappa shape index (κ3) is 3.21. The van der Waals surface area contributed by atoms with Crippen LogP contribution < -0.4 is 16.0 Å². The molecule has 106 valence electrons. The van der Waals surface area contributed by atoms with E-state index in [1.165, 1.54) is 0 Å². The maximum atomic E-state index is 12.0. The van der Waals surface area contributed by atoms with Crippen molar-refractivity contribution in [1.82, 2.24) is 15.5 Å². The highest BCUT2D eigenvalue weighted by molar-refractivity contribution is 5.84. The van der Waals surface area contributed by atoms with Crippen molar-refractivity contribution >= 4 is 11.9 Å². The highest BCUT2D eigenvalue weighted by atomic mass is 16.5. The van der Waals surface area contributed by atoms with E-state index in [0.29, 0.717) is 51.2 Å². The molecule has 2 heterocycles. The van der Waals surface area contributed by atoms with Crippen LogP contribution in [0.2, 0.25) is 0 Å². The average molecular weight is 269 g/mol. The van der Waals surface area contributed by atoms with E-state index in [9.17, 15) is 4.79 Å². The third-order valence-corrected chi connectivity index (χ3v) is 2.84. The van der Waals surface area contributed by atoms with Crippen LogP contribution in [-0.2, 0) is 16.0 Å². The van der Waals surface area contributed by atoms with Crippen LogP contribution in [0.1, 0.15) is 12.8 Å². The summed E-state index contributed by atoms with van der Waals surface area (Å²) in [6.45, 7) is 4.30. The number of carbonyl (C=O) groups excluding carboxylic acids is 1. The molecule has 0 radical (unpaired) electrons. The number of anilines is 1. The maximum Gasteiger partial charge on any atom is 0.319 e. The van der Waals surface area contributed by atoms with Crippen LogP contribution >= 0.6 is 0 Å². The number of hydrogen-bond acceptors (Lipinski definition) is 7. The Labute approximate surface area is 111 Å². The van der Waals surface area contributed by atoms with E-state index in [2.05, 4.69) is 15.5 Å². The smallest absolute Gasteiger partial charge is 0.319 e. The first-order chi connectivity index (χ1) is 9.26. The zero-order chi connectivity index (χ0) is 13.7. The molecule has 1 aromatic heterocycles. The number of nitrogens with one attached hydrogen (secondary N) is 1. The number of ether oxygens (including phenoxy) is 1. The molecule has 2 rings (SSSR count). The van der Waals surface area contributed by atoms with E-state index in [1.54, 1.807) is 4.90 Å². The van der Waals surface area contributed by atoms with Crippen molar-refractivity contribution in [2.75, 3.05) is 37.7 Å². The molecule has 0 saturated carbocycles. The maximum absolute atomic E-state index is 12.0. The van der Waals surface area contributed by atoms with Gasteiger partial charge in [-0.15, -0.1) is 5.10 Å². The molecule has 3 N–H and O–H groups in total. The third-order valence-electron chi connectivity index (χ3n) is 2.84. The number of rotatable bonds is 5. The standard InChI is InChI=1S/C11H19N5O3/c1-2-13-10(17)8-7-18-6-5-16(8)11-15-14-9(19-11)3-4-12/h8H,2-7,12H2,1H3,(H,13,17). The van der Waals surface area contributed by atoms with Gasteiger partial charge in [0.1, 0.15) is 6.04 Å². The second-order valence-electron chi connectivity index (χ2n) is 4.20. The first-order valence-electron chi connectivity index (χ1n) is 6.40. The van der Waals surface area contributed by atoms with Gasteiger partial charge in [0.2, 0.25) is 11.8 Å². The number of aromatic nitrogens is 2. The van der Waals surface area contributed by atoms with Crippen LogP contribution in [0.5, 0.6) is 0 Å². The summed E-state index contributed by atoms with van der Waals surface area (Å²) in [5.74, 6) is 0.388. The second-order valence-corrected chi connectivity index (χ2v) is 4.20. The van der Waals surface area contributed by atoms with Crippen LogP contribution in [0.4, 0.5) is 6.01 Å². The van der Waals surface area contributed by atoms with Crippen molar-refractivity contribution in [3.63, 3.8) is 0 Å². The lowest BCUT2D eigenvalue weighted by Gasteiger charge is -2.32. The van der Waals surface area contributed by atoms with Gasteiger partial charge in [-0.1, -0.05) is 5.10 Å². The van der Waals surface area contributed by atoms with Gasteiger partial charge in [0.05, 0.1) is 13.2 Å². The van der Waals surface area contributed by atoms with Gasteiger partial charge < -0.3 is 25.1 Å². The summed E-state index contributed by atoms with van der Waals surface area (Å²) in [7, 11) is 0. The summed E-state index contributed by atoms with van der Waals surface area (Å²) in [5.41, 5.74) is 5.44. The summed E-state index contributed by atoms with van der Waals surface area (Å²) in [6, 6.07) is -0.0807. The number of amides is 1. The number of carbonyl (C=O) groups is 1. The normalized spacial score (nSPS) is 19.5. The van der Waals surface area contributed by atoms with E-state index >= 15 is 0 Å². The van der Waals surface area contributed by atoms with Crippen molar-refractivity contribution in [1.29, 1.82) is 0 Å². The Bertz CT molecular complexity index is 422. The van der Waals surface area contributed by atoms with E-state index < -0.39 is 6.04 Å². The highest BCUT2D eigenvalue weighted by Gasteiger charge is 2.32. The zero-order valence-electron chi connectivity index (χ0n) is 11.0. The molecule has 0 aromatic carbocycles. The largest absolute Gasteiger partial charge is 0.408 e. The molecule has 1 unspecified atom stereocenters. The molecule has 1 saturated heterocycles. The summed E-state index contributed by atoms with van der Waals surface area (Å²) in [6.07, 6.45) is 0.531. The van der Waals surface area contributed by atoms with Crippen LogP contribution in [-0.4, -0.2) is 55.0 Å². The molecule has 1 aliphatic heterocycles. The predicted octanol–water partition coefficient (Wildman–Crippen LogP) is -1.09. The van der Waals surface area contributed by atoms with E-state index in [-0.39, 0.29) is 5.91 Å². The lowest BCUT2D eigenvalue weighted by Crippen LogP contribution is -2.54. The Morgan fingerprint density at radius 3 is 3.16 bits per heavy atom. The van der Waals surface area contributed by atoms with Crippen molar-refractivity contribution in [3.05, 3.63) is 5.89 Å². The number of hydrogen-bond donors (Lipinski definition) is 2. The Kier molecular flexibility index (Phi) is 4.69. The van der Waals surface area contributed by atoms with Gasteiger partial charge in [-0.2, -0.15) is 0 Å². The van der Waals surface area contributed by atoms with Gasteiger partial charge in [-0.05, 0) is 6.92 Å². The van der Waals surface area contributed by atoms with Crippen molar-refractivity contribution in [3.8, 4) is 0 Å². The van der Waals surface area contributed by atoms with Gasteiger partial charge in [0.15, 0.2) is 0 Å². The SMILES string of the molecule is CCNC(=O)C1COCCN1c1nnc(CCN)o1. The molecule has 1 atom stereocenters. The average Bonchev–Trinajstić information content (AvgIpc) is 2.88. The monoisotopic (exact) mass is 269 g/mol. The Hall–Kier alpha value is -1.67. The minimum atomic E-state index is -0.431. The molecular formula is C11H19N5O3. The fourth-order valence-electron chi connectivity index (χ4n) is 1.93. The number of nitrogens with zero attached hydrogens (tertiary/aromatic N) is 3. The first-order valence-corrected chi connectivity index (χ1v) is 6.40. The first kappa shape index (κ1) is 13.8. The Morgan fingerprint density at radius 1 is 1.58 bits per heavy atom. The summed E-state index contributed by atoms with van der Waals surface area (Å²) < 4.78 is 10.9. The van der Waals surface area contributed by atoms with Crippen molar-refractivity contribution in [2.24, 2.45) is 5.73 Å². The molecule has 1 aliphatic rings. The topological polar surface area (TPSA) is 107 Å².